The highest BCUT2D eigenvalue weighted by Crippen LogP contribution is 2.41. The van der Waals surface area contributed by atoms with Crippen molar-refractivity contribution in [1.29, 1.82) is 0 Å². The van der Waals surface area contributed by atoms with E-state index in [9.17, 15) is 33.5 Å². The van der Waals surface area contributed by atoms with Gasteiger partial charge in [0, 0.05) is 98.2 Å². The number of carbonyl (C=O) groups is 5. The quantitative estimate of drug-likeness (QED) is 0.0508. The minimum Gasteiger partial charge on any atom is -0.493 e. The third kappa shape index (κ3) is 13.6. The number of thiazole rings is 2. The fraction of sp³-hybridized carbons (Fsp3) is 0.500. The zero-order chi connectivity index (χ0) is 64.0. The second-order valence-electron chi connectivity index (χ2n) is 27.5. The molecule has 7 aromatic rings. The Kier molecular flexibility index (Phi) is 18.1. The van der Waals surface area contributed by atoms with Crippen molar-refractivity contribution in [2.45, 2.75) is 174 Å². The summed E-state index contributed by atoms with van der Waals surface area (Å²) in [6.45, 7) is 13.6. The molecule has 3 aromatic carbocycles. The first-order chi connectivity index (χ1) is 44.3. The number of halogens is 1. The number of pyridine rings is 1. The van der Waals surface area contributed by atoms with Gasteiger partial charge in [0.05, 0.1) is 45.2 Å². The number of aromatic nitrogens is 5. The lowest BCUT2D eigenvalue weighted by atomic mass is 9.85. The molecule has 19 nitrogen and oxygen atoms in total. The fourth-order valence-corrected chi connectivity index (χ4v) is 15.9. The van der Waals surface area contributed by atoms with E-state index in [1.165, 1.54) is 48.3 Å². The predicted molar refractivity (Wildman–Crippen MR) is 354 cm³/mol. The Hall–Kier alpha value is -7.66. The van der Waals surface area contributed by atoms with Gasteiger partial charge in [-0.3, -0.25) is 38.9 Å². The Labute approximate surface area is 544 Å². The summed E-state index contributed by atoms with van der Waals surface area (Å²) in [7, 11) is 0. The monoisotopic (exact) mass is 1290 g/mol. The van der Waals surface area contributed by atoms with E-state index in [1.54, 1.807) is 32.1 Å². The number of rotatable bonds is 19. The zero-order valence-electron chi connectivity index (χ0n) is 53.1. The number of aryl methyl sites for hydroxylation is 1. The molecule has 22 heteroatoms. The number of alkyl halides is 1. The number of anilines is 2. The van der Waals surface area contributed by atoms with E-state index < -0.39 is 47.0 Å². The molecule has 5 amide bonds. The summed E-state index contributed by atoms with van der Waals surface area (Å²) in [5.74, 6) is -0.0865. The molecule has 0 spiro atoms. The maximum atomic E-state index is 14.9. The van der Waals surface area contributed by atoms with E-state index in [4.69, 9.17) is 14.8 Å². The summed E-state index contributed by atoms with van der Waals surface area (Å²) in [4.78, 5) is 91.4. The number of hydrogen-bond acceptors (Lipinski definition) is 15. The number of β-amino-alcohol motifs (C(OH)–C–C–N with tert-alkyl or cyclic N) is 1. The Bertz CT molecular complexity index is 3880. The Balaban J connectivity index is 0.649. The molecule has 92 heavy (non-hydrogen) atoms. The second kappa shape index (κ2) is 26.4. The molecule has 5 fully saturated rings. The summed E-state index contributed by atoms with van der Waals surface area (Å²) in [6.07, 6.45) is 11.6. The number of benzene rings is 3. The van der Waals surface area contributed by atoms with Crippen LogP contribution in [0.2, 0.25) is 0 Å². The summed E-state index contributed by atoms with van der Waals surface area (Å²) >= 11 is 2.99. The van der Waals surface area contributed by atoms with Crippen LogP contribution >= 0.6 is 22.7 Å². The normalized spacial score (nSPS) is 21.3. The van der Waals surface area contributed by atoms with E-state index in [0.717, 1.165) is 105 Å². The summed E-state index contributed by atoms with van der Waals surface area (Å²) < 4.78 is 24.6. The molecule has 3 saturated carbocycles. The first-order valence-corrected chi connectivity index (χ1v) is 34.6. The SMILES string of the molecule is Cc1ncsc1-c1ccc(CNC(=O)[C@@H]2C[C@@H](O)CN2C(=O)[C@@H](NC(=O)C2(F)CC2)C(C)(C)C)c(OCC2CN(C3CCC(NC(=O)c4nc(N5CCc6cccc(C(=O)Nc7nc8ccccc8s7)c6C5)ccc4-c4cnn(CC5CCCCC5)c4C)CC3)C2)c1. The zero-order valence-corrected chi connectivity index (χ0v) is 54.8. The van der Waals surface area contributed by atoms with E-state index >= 15 is 0 Å². The Morgan fingerprint density at radius 3 is 2.41 bits per heavy atom. The van der Waals surface area contributed by atoms with Crippen LogP contribution in [0.5, 0.6) is 5.75 Å². The van der Waals surface area contributed by atoms with Crippen LogP contribution in [0, 0.1) is 31.1 Å². The lowest BCUT2D eigenvalue weighted by Crippen LogP contribution is -2.59. The van der Waals surface area contributed by atoms with Gasteiger partial charge in [-0.25, -0.2) is 19.3 Å². The van der Waals surface area contributed by atoms with Gasteiger partial charge in [-0.15, -0.1) is 11.3 Å². The number of fused-ring (bicyclic) bond motifs is 2. The lowest BCUT2D eigenvalue weighted by molar-refractivity contribution is -0.145. The highest BCUT2D eigenvalue weighted by molar-refractivity contribution is 7.22. The van der Waals surface area contributed by atoms with Crippen LogP contribution < -0.4 is 30.9 Å². The van der Waals surface area contributed by atoms with Crippen molar-refractivity contribution in [3.63, 3.8) is 0 Å². The molecule has 13 rings (SSSR count). The van der Waals surface area contributed by atoms with Gasteiger partial charge in [-0.1, -0.05) is 87.8 Å². The van der Waals surface area contributed by atoms with Crippen LogP contribution in [0.15, 0.2) is 84.5 Å². The van der Waals surface area contributed by atoms with Crippen molar-refractivity contribution in [3.05, 3.63) is 124 Å². The highest BCUT2D eigenvalue weighted by Gasteiger charge is 2.53. The van der Waals surface area contributed by atoms with Crippen molar-refractivity contribution < 1.29 is 38.2 Å². The molecule has 3 aliphatic carbocycles. The van der Waals surface area contributed by atoms with E-state index in [2.05, 4.69) is 58.7 Å². The second-order valence-corrected chi connectivity index (χ2v) is 29.4. The molecule has 0 radical (unpaired) electrons. The van der Waals surface area contributed by atoms with E-state index in [-0.39, 0.29) is 56.1 Å². The third-order valence-corrected chi connectivity index (χ3v) is 21.8. The van der Waals surface area contributed by atoms with Crippen LogP contribution in [0.25, 0.3) is 31.8 Å². The molecule has 3 atom stereocenters. The van der Waals surface area contributed by atoms with Crippen molar-refractivity contribution in [1.82, 2.24) is 50.5 Å². The lowest BCUT2D eigenvalue weighted by Gasteiger charge is -2.46. The number of nitrogens with zero attached hydrogens (tertiary/aromatic N) is 8. The number of hydrogen-bond donors (Lipinski definition) is 5. The van der Waals surface area contributed by atoms with Crippen LogP contribution in [0.1, 0.15) is 147 Å². The molecule has 3 aliphatic heterocycles. The predicted octanol–water partition coefficient (Wildman–Crippen LogP) is 10.4. The molecule has 0 bridgehead atoms. The van der Waals surface area contributed by atoms with Gasteiger partial charge in [-0.2, -0.15) is 5.10 Å². The van der Waals surface area contributed by atoms with E-state index in [0.29, 0.717) is 66.0 Å². The van der Waals surface area contributed by atoms with Crippen molar-refractivity contribution >= 4 is 73.4 Å². The summed E-state index contributed by atoms with van der Waals surface area (Å²) in [5.41, 5.74) is 8.16. The van der Waals surface area contributed by atoms with Crippen LogP contribution in [0.4, 0.5) is 15.3 Å². The molecule has 6 aliphatic rings. The minimum atomic E-state index is -1.98. The molecule has 4 aromatic heterocycles. The maximum absolute atomic E-state index is 14.9. The number of para-hydroxylation sites is 1. The van der Waals surface area contributed by atoms with Gasteiger partial charge in [0.25, 0.3) is 17.7 Å². The van der Waals surface area contributed by atoms with Gasteiger partial charge in [0.2, 0.25) is 11.8 Å². The van der Waals surface area contributed by atoms with Gasteiger partial charge in [0.1, 0.15) is 29.3 Å². The number of carbonyl (C=O) groups excluding carboxylic acids is 5. The molecular formula is C70H83FN12O7S2. The summed E-state index contributed by atoms with van der Waals surface area (Å²) in [5, 5.41) is 28.4. The largest absolute Gasteiger partial charge is 0.493 e. The average molecular weight is 1290 g/mol. The fourth-order valence-electron chi connectivity index (χ4n) is 14.2. The number of likely N-dealkylation sites (tertiary alicyclic amines) is 2. The molecule has 7 heterocycles. The average Bonchev–Trinajstić information content (AvgIpc) is 1.36. The van der Waals surface area contributed by atoms with Gasteiger partial charge in [-0.05, 0) is 136 Å². The first-order valence-electron chi connectivity index (χ1n) is 32.9. The smallest absolute Gasteiger partial charge is 0.270 e. The van der Waals surface area contributed by atoms with Crippen LogP contribution in [0.3, 0.4) is 0 Å². The molecule has 5 N–H and O–H groups in total. The van der Waals surface area contributed by atoms with E-state index in [1.807, 2.05) is 85.4 Å². The number of nitrogens with one attached hydrogen (secondary N) is 4. The molecule has 2 saturated heterocycles. The van der Waals surface area contributed by atoms with Crippen molar-refractivity contribution in [3.8, 4) is 27.3 Å². The third-order valence-electron chi connectivity index (χ3n) is 19.9. The number of aliphatic hydroxyl groups is 1. The van der Waals surface area contributed by atoms with Gasteiger partial charge >= 0.3 is 0 Å². The molecule has 484 valence electrons. The minimum absolute atomic E-state index is 0.0211. The molecule has 0 unspecified atom stereocenters. The Morgan fingerprint density at radius 1 is 0.870 bits per heavy atom. The number of ether oxygens (including phenoxy) is 1. The number of aliphatic hydroxyl groups excluding tert-OH is 1. The first kappa shape index (κ1) is 63.1. The summed E-state index contributed by atoms with van der Waals surface area (Å²) in [6, 6.07) is 21.9. The van der Waals surface area contributed by atoms with Gasteiger partial charge < -0.3 is 35.6 Å². The van der Waals surface area contributed by atoms with Crippen LogP contribution in [-0.2, 0) is 40.4 Å². The topological polar surface area (TPSA) is 229 Å². The van der Waals surface area contributed by atoms with Gasteiger partial charge in [0.15, 0.2) is 10.8 Å². The van der Waals surface area contributed by atoms with Crippen LogP contribution in [-0.4, -0.2) is 138 Å². The highest BCUT2D eigenvalue weighted by atomic mass is 32.1. The molecular weight excluding hydrogens is 1200 g/mol. The standard InChI is InChI=1S/C70H83FN12O7S2/c1-41-61(91-40-73-41)46-18-19-47(32-72-64(86)56-31-50(84)37-82(56)66(88)62(69(3,4)5)78-67(89)70(71)27-28-70)57(30-46)90-39-44-34-81(35-44)49-22-20-48(21-23-49)75-65(87)60-51(53-33-74-83(42(53)2)36-43-12-7-6-8-13-43)24-25-59(77-60)80-29-26-45-14-11-15-52(54(45)38-80)63(85)79-68-76-55-16-9-10-17-58(55)92-68/h9-11,14-19,24-25,30,33,40,43-44,48-50,56,62,84H,6-8,12-13,20-23,26-29,31-32,34-39H2,1-5H3,(H,72,86)(H,75,87)(H,78,89)(H,76,79,85)/t48?,49?,50-,56+,62-/m1/s1. The number of amides is 5. The van der Waals surface area contributed by atoms with Crippen molar-refractivity contribution in [2.24, 2.45) is 17.3 Å². The van der Waals surface area contributed by atoms with Crippen molar-refractivity contribution in [2.75, 3.05) is 43.0 Å². The maximum Gasteiger partial charge on any atom is 0.270 e. The Morgan fingerprint density at radius 2 is 1.66 bits per heavy atom.